The fraction of sp³-hybridized carbons (Fsp3) is 0.333. The average molecular weight is 459 g/mol. The van der Waals surface area contributed by atoms with Gasteiger partial charge in [-0.2, -0.15) is 0 Å². The van der Waals surface area contributed by atoms with Crippen LogP contribution in [-0.4, -0.2) is 48.3 Å². The van der Waals surface area contributed by atoms with Crippen molar-refractivity contribution in [1.82, 2.24) is 10.2 Å². The number of halogens is 1. The lowest BCUT2D eigenvalue weighted by Gasteiger charge is -2.26. The number of rotatable bonds is 10. The monoisotopic (exact) mass is 458 g/mol. The average Bonchev–Trinajstić information content (AvgIpc) is 3.03. The number of methoxy groups -OCH3 is 1. The molecule has 0 unspecified atom stereocenters. The van der Waals surface area contributed by atoms with E-state index in [2.05, 4.69) is 11.9 Å². The van der Waals surface area contributed by atoms with Crippen molar-refractivity contribution in [3.8, 4) is 11.5 Å². The second-order valence-electron chi connectivity index (χ2n) is 7.56. The van der Waals surface area contributed by atoms with Gasteiger partial charge in [-0.1, -0.05) is 42.8 Å². The first-order valence-corrected chi connectivity index (χ1v) is 10.7. The summed E-state index contributed by atoms with van der Waals surface area (Å²) < 4.78 is 11.0. The van der Waals surface area contributed by atoms with Gasteiger partial charge < -0.3 is 19.9 Å². The van der Waals surface area contributed by atoms with Gasteiger partial charge in [0.25, 0.3) is 5.91 Å². The third kappa shape index (κ3) is 4.74. The molecular formula is C24H27ClN2O5. The molecule has 0 aromatic heterocycles. The van der Waals surface area contributed by atoms with E-state index in [1.165, 1.54) is 7.11 Å². The van der Waals surface area contributed by atoms with Gasteiger partial charge in [0.2, 0.25) is 0 Å². The highest BCUT2D eigenvalue weighted by molar-refractivity contribution is 6.30. The summed E-state index contributed by atoms with van der Waals surface area (Å²) in [4.78, 5) is 26.8. The summed E-state index contributed by atoms with van der Waals surface area (Å²) in [5, 5.41) is 13.7. The number of hydrogen-bond donors (Lipinski definition) is 2. The van der Waals surface area contributed by atoms with Gasteiger partial charge in [-0.15, -0.1) is 6.58 Å². The lowest BCUT2D eigenvalue weighted by molar-refractivity contribution is -0.132. The van der Waals surface area contributed by atoms with Crippen LogP contribution in [0.4, 0.5) is 4.79 Å². The molecule has 0 aliphatic carbocycles. The molecule has 7 nitrogen and oxygen atoms in total. The predicted octanol–water partition coefficient (Wildman–Crippen LogP) is 3.67. The molecule has 8 heteroatoms. The van der Waals surface area contributed by atoms with Gasteiger partial charge in [-0.25, -0.2) is 4.79 Å². The van der Waals surface area contributed by atoms with E-state index in [1.54, 1.807) is 36.4 Å². The number of aliphatic hydroxyl groups excluding tert-OH is 1. The van der Waals surface area contributed by atoms with Gasteiger partial charge in [0.05, 0.1) is 13.7 Å². The SMILES string of the molecule is C=CCc1ccc(OC[C@@H](O)CN2C(=O)N[C@](CC)(c3cccc(Cl)c3)C2=O)c(OC)c1. The molecule has 2 N–H and O–H groups in total. The van der Waals surface area contributed by atoms with Crippen molar-refractivity contribution >= 4 is 23.5 Å². The van der Waals surface area contributed by atoms with Crippen LogP contribution >= 0.6 is 11.6 Å². The number of aliphatic hydroxyl groups is 1. The molecule has 3 amide bonds. The van der Waals surface area contributed by atoms with E-state index in [0.29, 0.717) is 34.9 Å². The third-order valence-corrected chi connectivity index (χ3v) is 5.69. The van der Waals surface area contributed by atoms with Crippen LogP contribution in [0.25, 0.3) is 0 Å². The lowest BCUT2D eigenvalue weighted by Crippen LogP contribution is -2.44. The van der Waals surface area contributed by atoms with Crippen LogP contribution in [0.3, 0.4) is 0 Å². The molecule has 1 heterocycles. The minimum absolute atomic E-state index is 0.121. The zero-order chi connectivity index (χ0) is 23.3. The standard InChI is InChI=1S/C24H27ClN2O5/c1-4-7-16-10-11-20(21(12-16)31-3)32-15-19(28)14-27-22(29)24(5-2,26-23(27)30)17-8-6-9-18(25)13-17/h4,6,8-13,19,28H,1,5,7,14-15H2,2-3H3,(H,26,30)/t19-,24+/m0/s1. The second-order valence-corrected chi connectivity index (χ2v) is 7.99. The molecule has 32 heavy (non-hydrogen) atoms. The molecule has 170 valence electrons. The van der Waals surface area contributed by atoms with Gasteiger partial charge in [-0.05, 0) is 48.2 Å². The topological polar surface area (TPSA) is 88.1 Å². The fourth-order valence-electron chi connectivity index (χ4n) is 3.76. The number of β-amino-alcohol motifs (C(OH)–C–C–N with tert-alkyl or cyclic N) is 1. The Hall–Kier alpha value is -3.03. The summed E-state index contributed by atoms with van der Waals surface area (Å²) in [6.45, 7) is 5.20. The Labute approximate surface area is 192 Å². The normalized spacial score (nSPS) is 18.9. The summed E-state index contributed by atoms with van der Waals surface area (Å²) in [5.74, 6) is 0.550. The number of ether oxygens (including phenoxy) is 2. The third-order valence-electron chi connectivity index (χ3n) is 5.46. The number of benzene rings is 2. The van der Waals surface area contributed by atoms with Crippen LogP contribution in [0.2, 0.25) is 5.02 Å². The Morgan fingerprint density at radius 2 is 2.03 bits per heavy atom. The highest BCUT2D eigenvalue weighted by atomic mass is 35.5. The number of imide groups is 1. The largest absolute Gasteiger partial charge is 0.493 e. The zero-order valence-corrected chi connectivity index (χ0v) is 18.9. The van der Waals surface area contributed by atoms with Crippen LogP contribution in [0.15, 0.2) is 55.1 Å². The summed E-state index contributed by atoms with van der Waals surface area (Å²) >= 11 is 6.09. The van der Waals surface area contributed by atoms with Crippen molar-refractivity contribution in [2.24, 2.45) is 0 Å². The van der Waals surface area contributed by atoms with Gasteiger partial charge in [0, 0.05) is 5.02 Å². The number of allylic oxidation sites excluding steroid dienone is 1. The van der Waals surface area contributed by atoms with E-state index in [9.17, 15) is 14.7 Å². The van der Waals surface area contributed by atoms with E-state index in [0.717, 1.165) is 10.5 Å². The number of carbonyl (C=O) groups excluding carboxylic acids is 2. The molecule has 2 atom stereocenters. The van der Waals surface area contributed by atoms with E-state index in [-0.39, 0.29) is 13.2 Å². The Morgan fingerprint density at radius 3 is 2.69 bits per heavy atom. The van der Waals surface area contributed by atoms with Crippen molar-refractivity contribution in [2.45, 2.75) is 31.4 Å². The van der Waals surface area contributed by atoms with E-state index < -0.39 is 23.6 Å². The number of urea groups is 1. The maximum atomic E-state index is 13.2. The first-order chi connectivity index (χ1) is 15.3. The molecule has 1 aliphatic heterocycles. The molecule has 1 aliphatic rings. The van der Waals surface area contributed by atoms with Crippen LogP contribution in [0.1, 0.15) is 24.5 Å². The van der Waals surface area contributed by atoms with Crippen molar-refractivity contribution in [1.29, 1.82) is 0 Å². The van der Waals surface area contributed by atoms with Crippen molar-refractivity contribution < 1.29 is 24.2 Å². The Balaban J connectivity index is 1.69. The number of carbonyl (C=O) groups is 2. The second kappa shape index (κ2) is 10.1. The highest BCUT2D eigenvalue weighted by Crippen LogP contribution is 2.34. The molecule has 3 rings (SSSR count). The molecule has 1 saturated heterocycles. The molecule has 1 fully saturated rings. The smallest absolute Gasteiger partial charge is 0.325 e. The van der Waals surface area contributed by atoms with Gasteiger partial charge in [0.15, 0.2) is 11.5 Å². The maximum Gasteiger partial charge on any atom is 0.325 e. The number of amides is 3. The number of nitrogens with one attached hydrogen (secondary N) is 1. The Bertz CT molecular complexity index is 1010. The highest BCUT2D eigenvalue weighted by Gasteiger charge is 2.51. The minimum atomic E-state index is -1.22. The summed E-state index contributed by atoms with van der Waals surface area (Å²) in [7, 11) is 1.53. The van der Waals surface area contributed by atoms with Crippen LogP contribution < -0.4 is 14.8 Å². The Kier molecular flexibility index (Phi) is 7.43. The van der Waals surface area contributed by atoms with Crippen molar-refractivity contribution in [3.63, 3.8) is 0 Å². The maximum absolute atomic E-state index is 13.2. The molecule has 0 spiro atoms. The summed E-state index contributed by atoms with van der Waals surface area (Å²) in [6, 6.07) is 11.7. The van der Waals surface area contributed by atoms with E-state index >= 15 is 0 Å². The first kappa shape index (κ1) is 23.6. The number of hydrogen-bond acceptors (Lipinski definition) is 5. The van der Waals surface area contributed by atoms with Gasteiger partial charge >= 0.3 is 6.03 Å². The summed E-state index contributed by atoms with van der Waals surface area (Å²) in [6.07, 6.45) is 1.73. The molecule has 0 radical (unpaired) electrons. The van der Waals surface area contributed by atoms with Crippen LogP contribution in [0, 0.1) is 0 Å². The number of nitrogens with zero attached hydrogens (tertiary/aromatic N) is 1. The van der Waals surface area contributed by atoms with Crippen LogP contribution in [0.5, 0.6) is 11.5 Å². The zero-order valence-electron chi connectivity index (χ0n) is 18.1. The van der Waals surface area contributed by atoms with Crippen LogP contribution in [-0.2, 0) is 16.8 Å². The quantitative estimate of drug-likeness (QED) is 0.419. The van der Waals surface area contributed by atoms with Crippen molar-refractivity contribution in [3.05, 3.63) is 71.3 Å². The summed E-state index contributed by atoms with van der Waals surface area (Å²) in [5.41, 5.74) is 0.400. The Morgan fingerprint density at radius 1 is 1.25 bits per heavy atom. The predicted molar refractivity (Wildman–Crippen MR) is 122 cm³/mol. The van der Waals surface area contributed by atoms with Gasteiger partial charge in [-0.3, -0.25) is 9.69 Å². The molecule has 0 saturated carbocycles. The van der Waals surface area contributed by atoms with Crippen molar-refractivity contribution in [2.75, 3.05) is 20.3 Å². The molecular weight excluding hydrogens is 432 g/mol. The van der Waals surface area contributed by atoms with E-state index in [1.807, 2.05) is 19.1 Å². The molecule has 2 aromatic carbocycles. The van der Waals surface area contributed by atoms with E-state index in [4.69, 9.17) is 21.1 Å². The molecule has 0 bridgehead atoms. The lowest BCUT2D eigenvalue weighted by atomic mass is 9.87. The first-order valence-electron chi connectivity index (χ1n) is 10.3. The minimum Gasteiger partial charge on any atom is -0.493 e. The van der Waals surface area contributed by atoms with Gasteiger partial charge in [0.1, 0.15) is 18.2 Å². The molecule has 2 aromatic rings. The fourth-order valence-corrected chi connectivity index (χ4v) is 3.95.